The average molecular weight is 337 g/mol. The molecule has 0 saturated heterocycles. The van der Waals surface area contributed by atoms with Gasteiger partial charge in [0.15, 0.2) is 0 Å². The molecule has 1 rings (SSSR count). The molecule has 0 bridgehead atoms. The molecular weight excluding hydrogens is 330 g/mol. The SMILES string of the molecule is COc1c(CBr)cc(C(F)(F)F)cc1C(F)(F)F. The molecule has 0 aliphatic heterocycles. The van der Waals surface area contributed by atoms with Gasteiger partial charge in [-0.15, -0.1) is 0 Å². The highest BCUT2D eigenvalue weighted by molar-refractivity contribution is 9.08. The molecule has 0 unspecified atom stereocenters. The minimum atomic E-state index is -4.91. The zero-order valence-electron chi connectivity index (χ0n) is 8.92. The van der Waals surface area contributed by atoms with Crippen LogP contribution in [0.25, 0.3) is 0 Å². The molecule has 0 aliphatic carbocycles. The van der Waals surface area contributed by atoms with E-state index in [4.69, 9.17) is 0 Å². The number of ether oxygens (including phenoxy) is 1. The van der Waals surface area contributed by atoms with E-state index in [-0.39, 0.29) is 17.0 Å². The molecule has 0 radical (unpaired) electrons. The molecule has 1 nitrogen and oxygen atoms in total. The van der Waals surface area contributed by atoms with E-state index in [1.807, 2.05) is 0 Å². The number of alkyl halides is 7. The normalized spacial score (nSPS) is 12.7. The third kappa shape index (κ3) is 3.09. The zero-order chi connectivity index (χ0) is 14.1. The molecule has 0 spiro atoms. The Kier molecular flexibility index (Phi) is 4.19. The summed E-state index contributed by atoms with van der Waals surface area (Å²) in [4.78, 5) is 0. The van der Waals surface area contributed by atoms with E-state index >= 15 is 0 Å². The van der Waals surface area contributed by atoms with E-state index in [1.54, 1.807) is 0 Å². The highest BCUT2D eigenvalue weighted by Gasteiger charge is 2.40. The lowest BCUT2D eigenvalue weighted by atomic mass is 10.0. The van der Waals surface area contributed by atoms with Crippen molar-refractivity contribution in [3.05, 3.63) is 28.8 Å². The van der Waals surface area contributed by atoms with Crippen LogP contribution in [0.15, 0.2) is 12.1 Å². The van der Waals surface area contributed by atoms with E-state index in [0.29, 0.717) is 6.07 Å². The van der Waals surface area contributed by atoms with E-state index in [9.17, 15) is 26.3 Å². The maximum Gasteiger partial charge on any atom is 0.419 e. The summed E-state index contributed by atoms with van der Waals surface area (Å²) in [6.07, 6.45) is -9.76. The minimum absolute atomic E-state index is 0.0466. The largest absolute Gasteiger partial charge is 0.496 e. The van der Waals surface area contributed by atoms with Crippen molar-refractivity contribution >= 4 is 15.9 Å². The third-order valence-corrected chi connectivity index (χ3v) is 2.75. The van der Waals surface area contributed by atoms with Crippen LogP contribution in [0.3, 0.4) is 0 Å². The first-order valence-corrected chi connectivity index (χ1v) is 5.64. The highest BCUT2D eigenvalue weighted by atomic mass is 79.9. The van der Waals surface area contributed by atoms with Gasteiger partial charge in [0.05, 0.1) is 18.2 Å². The number of halogens is 7. The van der Waals surface area contributed by atoms with Crippen LogP contribution in [-0.4, -0.2) is 7.11 Å². The fraction of sp³-hybridized carbons (Fsp3) is 0.400. The van der Waals surface area contributed by atoms with Crippen molar-refractivity contribution in [2.75, 3.05) is 7.11 Å². The predicted octanol–water partition coefficient (Wildman–Crippen LogP) is 4.63. The highest BCUT2D eigenvalue weighted by Crippen LogP contribution is 2.42. The molecule has 102 valence electrons. The van der Waals surface area contributed by atoms with Gasteiger partial charge in [0, 0.05) is 10.9 Å². The van der Waals surface area contributed by atoms with Gasteiger partial charge < -0.3 is 4.74 Å². The van der Waals surface area contributed by atoms with Crippen LogP contribution in [0.2, 0.25) is 0 Å². The predicted molar refractivity (Wildman–Crippen MR) is 55.6 cm³/mol. The van der Waals surface area contributed by atoms with Crippen molar-refractivity contribution in [1.82, 2.24) is 0 Å². The molecule has 0 atom stereocenters. The van der Waals surface area contributed by atoms with Gasteiger partial charge in [0.25, 0.3) is 0 Å². The van der Waals surface area contributed by atoms with Gasteiger partial charge in [-0.05, 0) is 12.1 Å². The van der Waals surface area contributed by atoms with Gasteiger partial charge in [0.1, 0.15) is 5.75 Å². The summed E-state index contributed by atoms with van der Waals surface area (Å²) >= 11 is 2.84. The Bertz CT molecular complexity index is 437. The molecule has 0 aliphatic rings. The Morgan fingerprint density at radius 2 is 1.61 bits per heavy atom. The van der Waals surface area contributed by atoms with Gasteiger partial charge in [-0.2, -0.15) is 26.3 Å². The number of rotatable bonds is 2. The van der Waals surface area contributed by atoms with E-state index in [1.165, 1.54) is 0 Å². The number of hydrogen-bond acceptors (Lipinski definition) is 1. The van der Waals surface area contributed by atoms with Gasteiger partial charge >= 0.3 is 12.4 Å². The maximum absolute atomic E-state index is 12.7. The Morgan fingerprint density at radius 3 is 1.94 bits per heavy atom. The van der Waals surface area contributed by atoms with Crippen molar-refractivity contribution in [1.29, 1.82) is 0 Å². The van der Waals surface area contributed by atoms with Crippen LogP contribution in [0.1, 0.15) is 16.7 Å². The first-order chi connectivity index (χ1) is 8.11. The number of methoxy groups -OCH3 is 1. The lowest BCUT2D eigenvalue weighted by molar-refractivity contribution is -0.143. The zero-order valence-corrected chi connectivity index (χ0v) is 10.5. The minimum Gasteiger partial charge on any atom is -0.496 e. The molecule has 0 saturated carbocycles. The lowest BCUT2D eigenvalue weighted by Gasteiger charge is -2.18. The number of hydrogen-bond donors (Lipinski definition) is 0. The van der Waals surface area contributed by atoms with Gasteiger partial charge in [-0.1, -0.05) is 15.9 Å². The topological polar surface area (TPSA) is 9.23 Å². The monoisotopic (exact) mass is 336 g/mol. The third-order valence-electron chi connectivity index (χ3n) is 2.15. The van der Waals surface area contributed by atoms with Crippen LogP contribution >= 0.6 is 15.9 Å². The van der Waals surface area contributed by atoms with Crippen molar-refractivity contribution in [2.45, 2.75) is 17.7 Å². The fourth-order valence-corrected chi connectivity index (χ4v) is 1.82. The van der Waals surface area contributed by atoms with Gasteiger partial charge in [-0.25, -0.2) is 0 Å². The summed E-state index contributed by atoms with van der Waals surface area (Å²) in [5, 5.41) is -0.177. The fourth-order valence-electron chi connectivity index (χ4n) is 1.40. The van der Waals surface area contributed by atoms with E-state index in [2.05, 4.69) is 20.7 Å². The van der Waals surface area contributed by atoms with Gasteiger partial charge in [-0.3, -0.25) is 0 Å². The molecule has 0 aromatic heterocycles. The van der Waals surface area contributed by atoms with E-state index < -0.39 is 29.2 Å². The maximum atomic E-state index is 12.7. The second kappa shape index (κ2) is 4.99. The summed E-state index contributed by atoms with van der Waals surface area (Å²) in [6, 6.07) is 0.674. The quantitative estimate of drug-likeness (QED) is 0.565. The molecule has 0 heterocycles. The molecule has 1 aromatic rings. The van der Waals surface area contributed by atoms with Gasteiger partial charge in [0.2, 0.25) is 0 Å². The molecule has 0 N–H and O–H groups in total. The summed E-state index contributed by atoms with van der Waals surface area (Å²) in [5.41, 5.74) is -3.00. The second-order valence-corrected chi connectivity index (χ2v) is 3.91. The Labute approximate surface area is 107 Å². The Morgan fingerprint density at radius 1 is 1.06 bits per heavy atom. The van der Waals surface area contributed by atoms with Crippen molar-refractivity contribution in [3.8, 4) is 5.75 Å². The molecule has 0 fully saturated rings. The lowest BCUT2D eigenvalue weighted by Crippen LogP contribution is -2.13. The van der Waals surface area contributed by atoms with Crippen LogP contribution in [0.4, 0.5) is 26.3 Å². The molecule has 8 heteroatoms. The Hall–Kier alpha value is -0.920. The van der Waals surface area contributed by atoms with Crippen LogP contribution in [0, 0.1) is 0 Å². The van der Waals surface area contributed by atoms with E-state index in [0.717, 1.165) is 7.11 Å². The first kappa shape index (κ1) is 15.1. The Balaban J connectivity index is 3.57. The number of benzene rings is 1. The van der Waals surface area contributed by atoms with Crippen LogP contribution in [-0.2, 0) is 17.7 Å². The average Bonchev–Trinajstić information content (AvgIpc) is 2.24. The van der Waals surface area contributed by atoms with Crippen molar-refractivity contribution in [3.63, 3.8) is 0 Å². The molecule has 0 amide bonds. The van der Waals surface area contributed by atoms with Crippen molar-refractivity contribution < 1.29 is 31.1 Å². The summed E-state index contributed by atoms with van der Waals surface area (Å²) in [5.74, 6) is -0.604. The van der Waals surface area contributed by atoms with Crippen molar-refractivity contribution in [2.24, 2.45) is 0 Å². The standard InChI is InChI=1S/C10H7BrF6O/c1-18-8-5(4-11)2-6(9(12,13)14)3-7(8)10(15,16)17/h2-3H,4H2,1H3. The van der Waals surface area contributed by atoms with Crippen LogP contribution in [0.5, 0.6) is 5.75 Å². The summed E-state index contributed by atoms with van der Waals surface area (Å²) in [6.45, 7) is 0. The first-order valence-electron chi connectivity index (χ1n) is 4.52. The molecule has 1 aromatic carbocycles. The molecular formula is C10H7BrF6O. The summed E-state index contributed by atoms with van der Waals surface area (Å²) in [7, 11) is 0.976. The second-order valence-electron chi connectivity index (χ2n) is 3.35. The summed E-state index contributed by atoms with van der Waals surface area (Å²) < 4.78 is 80.0. The smallest absolute Gasteiger partial charge is 0.419 e. The van der Waals surface area contributed by atoms with Crippen LogP contribution < -0.4 is 4.74 Å². The molecule has 18 heavy (non-hydrogen) atoms.